The molecule has 0 saturated carbocycles. The van der Waals surface area contributed by atoms with E-state index in [0.29, 0.717) is 0 Å². The summed E-state index contributed by atoms with van der Waals surface area (Å²) in [6.45, 7) is 8.39. The Bertz CT molecular complexity index is 441. The average Bonchev–Trinajstić information content (AvgIpc) is 2.47. The molecule has 0 spiro atoms. The van der Waals surface area contributed by atoms with Gasteiger partial charge in [0, 0.05) is 12.1 Å². The van der Waals surface area contributed by atoms with Crippen LogP contribution in [-0.2, 0) is 0 Å². The van der Waals surface area contributed by atoms with Gasteiger partial charge in [-0.05, 0) is 75.9 Å². The topological polar surface area (TPSA) is 29.5 Å². The number of carbonyl (C=O) groups excluding carboxylic acids is 1. The van der Waals surface area contributed by atoms with Crippen LogP contribution in [0.1, 0.15) is 49.9 Å². The van der Waals surface area contributed by atoms with Crippen molar-refractivity contribution in [1.82, 2.24) is 4.90 Å². The molecule has 1 fully saturated rings. The lowest BCUT2D eigenvalue weighted by Crippen LogP contribution is -2.35. The van der Waals surface area contributed by atoms with Crippen molar-refractivity contribution in [2.45, 2.75) is 39.5 Å². The van der Waals surface area contributed by atoms with E-state index in [-0.39, 0.29) is 5.78 Å². The number of benzene rings is 1. The molecule has 1 saturated heterocycles. The molecule has 1 aromatic carbocycles. The summed E-state index contributed by atoms with van der Waals surface area (Å²) in [5.41, 5.74) is 0.738. The van der Waals surface area contributed by atoms with Gasteiger partial charge in [-0.25, -0.2) is 0 Å². The number of hydrogen-bond donors (Lipinski definition) is 0. The Balaban J connectivity index is 1.60. The second kappa shape index (κ2) is 8.18. The summed E-state index contributed by atoms with van der Waals surface area (Å²) in [6.07, 6.45) is 5.01. The number of hydrogen-bond acceptors (Lipinski definition) is 3. The van der Waals surface area contributed by atoms with Crippen LogP contribution in [0.3, 0.4) is 0 Å². The Hall–Kier alpha value is -1.35. The van der Waals surface area contributed by atoms with Crippen molar-refractivity contribution in [2.75, 3.05) is 26.2 Å². The van der Waals surface area contributed by atoms with Crippen molar-refractivity contribution >= 4 is 5.78 Å². The fraction of sp³-hybridized carbons (Fsp3) is 0.611. The number of ketones is 1. The molecule has 0 amide bonds. The zero-order valence-corrected chi connectivity index (χ0v) is 13.3. The van der Waals surface area contributed by atoms with Crippen LogP contribution in [0.15, 0.2) is 24.3 Å². The van der Waals surface area contributed by atoms with Crippen molar-refractivity contribution in [2.24, 2.45) is 5.92 Å². The van der Waals surface area contributed by atoms with E-state index in [9.17, 15) is 4.79 Å². The van der Waals surface area contributed by atoms with Crippen LogP contribution in [0.4, 0.5) is 0 Å². The molecule has 1 aliphatic heterocycles. The molecule has 0 N–H and O–H groups in total. The predicted molar refractivity (Wildman–Crippen MR) is 86.0 cm³/mol. The molecule has 116 valence electrons. The molecule has 21 heavy (non-hydrogen) atoms. The normalized spacial score (nSPS) is 19.4. The Kier molecular flexibility index (Phi) is 6.24. The smallest absolute Gasteiger partial charge is 0.159 e. The van der Waals surface area contributed by atoms with Gasteiger partial charge in [0.2, 0.25) is 0 Å². The minimum absolute atomic E-state index is 0.0947. The van der Waals surface area contributed by atoms with E-state index in [1.54, 1.807) is 6.92 Å². The molecule has 0 aliphatic carbocycles. The first-order chi connectivity index (χ1) is 10.1. The SMILES string of the molecule is CC(=O)c1ccc(OCCCCN2CCCC(C)C2)cc1. The molecular formula is C18H27NO2. The van der Waals surface area contributed by atoms with Crippen molar-refractivity contribution in [3.05, 3.63) is 29.8 Å². The fourth-order valence-electron chi connectivity index (χ4n) is 2.90. The number of unbranched alkanes of at least 4 members (excludes halogenated alkanes) is 1. The highest BCUT2D eigenvalue weighted by molar-refractivity contribution is 5.94. The summed E-state index contributed by atoms with van der Waals surface area (Å²) < 4.78 is 5.72. The van der Waals surface area contributed by atoms with E-state index >= 15 is 0 Å². The van der Waals surface area contributed by atoms with Crippen LogP contribution in [0.2, 0.25) is 0 Å². The van der Waals surface area contributed by atoms with Crippen LogP contribution in [0, 0.1) is 5.92 Å². The molecule has 1 heterocycles. The lowest BCUT2D eigenvalue weighted by atomic mass is 10.0. The van der Waals surface area contributed by atoms with Gasteiger partial charge in [0.15, 0.2) is 5.78 Å². The number of Topliss-reactive ketones (excluding diaryl/α,β-unsaturated/α-hetero) is 1. The van der Waals surface area contributed by atoms with Crippen molar-refractivity contribution in [3.8, 4) is 5.75 Å². The van der Waals surface area contributed by atoms with Crippen LogP contribution < -0.4 is 4.74 Å². The number of ether oxygens (including phenoxy) is 1. The van der Waals surface area contributed by atoms with Gasteiger partial charge < -0.3 is 9.64 Å². The molecule has 2 rings (SSSR count). The fourth-order valence-corrected chi connectivity index (χ4v) is 2.90. The maximum absolute atomic E-state index is 11.2. The zero-order chi connectivity index (χ0) is 15.1. The maximum atomic E-state index is 11.2. The molecule has 1 aliphatic rings. The van der Waals surface area contributed by atoms with Crippen LogP contribution in [-0.4, -0.2) is 36.9 Å². The van der Waals surface area contributed by atoms with Gasteiger partial charge >= 0.3 is 0 Å². The summed E-state index contributed by atoms with van der Waals surface area (Å²) in [4.78, 5) is 13.8. The number of nitrogens with zero attached hydrogens (tertiary/aromatic N) is 1. The van der Waals surface area contributed by atoms with E-state index in [1.807, 2.05) is 24.3 Å². The summed E-state index contributed by atoms with van der Waals surface area (Å²) in [7, 11) is 0. The summed E-state index contributed by atoms with van der Waals surface area (Å²) >= 11 is 0. The number of rotatable bonds is 7. The molecule has 1 aromatic rings. The van der Waals surface area contributed by atoms with Gasteiger partial charge in [0.1, 0.15) is 5.75 Å². The molecule has 0 aromatic heterocycles. The predicted octanol–water partition coefficient (Wildman–Crippen LogP) is 3.78. The van der Waals surface area contributed by atoms with Crippen LogP contribution in [0.5, 0.6) is 5.75 Å². The third-order valence-electron chi connectivity index (χ3n) is 4.14. The Labute approximate surface area is 128 Å². The second-order valence-corrected chi connectivity index (χ2v) is 6.18. The lowest BCUT2D eigenvalue weighted by molar-refractivity contribution is 0.101. The zero-order valence-electron chi connectivity index (χ0n) is 13.3. The van der Waals surface area contributed by atoms with Crippen molar-refractivity contribution in [1.29, 1.82) is 0 Å². The monoisotopic (exact) mass is 289 g/mol. The minimum atomic E-state index is 0.0947. The van der Waals surface area contributed by atoms with Gasteiger partial charge in [0.25, 0.3) is 0 Å². The lowest BCUT2D eigenvalue weighted by Gasteiger charge is -2.30. The first kappa shape index (κ1) is 16.0. The van der Waals surface area contributed by atoms with Crippen molar-refractivity contribution < 1.29 is 9.53 Å². The Morgan fingerprint density at radius 2 is 2.05 bits per heavy atom. The molecule has 0 bridgehead atoms. The number of carbonyl (C=O) groups is 1. The highest BCUT2D eigenvalue weighted by Gasteiger charge is 2.15. The quantitative estimate of drug-likeness (QED) is 0.565. The minimum Gasteiger partial charge on any atom is -0.494 e. The van der Waals surface area contributed by atoms with Crippen LogP contribution in [0.25, 0.3) is 0 Å². The number of likely N-dealkylation sites (tertiary alicyclic amines) is 1. The van der Waals surface area contributed by atoms with Gasteiger partial charge in [-0.1, -0.05) is 6.92 Å². The molecular weight excluding hydrogens is 262 g/mol. The average molecular weight is 289 g/mol. The van der Waals surface area contributed by atoms with Gasteiger partial charge in [-0.15, -0.1) is 0 Å². The number of piperidine rings is 1. The molecule has 1 atom stereocenters. The van der Waals surface area contributed by atoms with E-state index in [1.165, 1.54) is 38.9 Å². The largest absolute Gasteiger partial charge is 0.494 e. The third-order valence-corrected chi connectivity index (χ3v) is 4.14. The first-order valence-electron chi connectivity index (χ1n) is 8.11. The maximum Gasteiger partial charge on any atom is 0.159 e. The molecule has 3 nitrogen and oxygen atoms in total. The summed E-state index contributed by atoms with van der Waals surface area (Å²) in [5.74, 6) is 1.80. The summed E-state index contributed by atoms with van der Waals surface area (Å²) in [5, 5.41) is 0. The third kappa shape index (κ3) is 5.50. The van der Waals surface area contributed by atoms with Crippen molar-refractivity contribution in [3.63, 3.8) is 0 Å². The van der Waals surface area contributed by atoms with E-state index in [0.717, 1.165) is 30.3 Å². The van der Waals surface area contributed by atoms with Gasteiger partial charge in [0.05, 0.1) is 6.61 Å². The van der Waals surface area contributed by atoms with E-state index < -0.39 is 0 Å². The molecule has 3 heteroatoms. The van der Waals surface area contributed by atoms with Gasteiger partial charge in [-0.3, -0.25) is 4.79 Å². The van der Waals surface area contributed by atoms with Crippen LogP contribution >= 0.6 is 0 Å². The van der Waals surface area contributed by atoms with E-state index in [4.69, 9.17) is 4.74 Å². The Morgan fingerprint density at radius 3 is 2.71 bits per heavy atom. The second-order valence-electron chi connectivity index (χ2n) is 6.18. The highest BCUT2D eigenvalue weighted by Crippen LogP contribution is 2.16. The molecule has 0 radical (unpaired) electrons. The van der Waals surface area contributed by atoms with E-state index in [2.05, 4.69) is 11.8 Å². The summed E-state index contributed by atoms with van der Waals surface area (Å²) in [6, 6.07) is 7.41. The standard InChI is InChI=1S/C18H27NO2/c1-15-6-5-12-19(14-15)11-3-4-13-21-18-9-7-17(8-10-18)16(2)20/h7-10,15H,3-6,11-14H2,1-2H3. The first-order valence-corrected chi connectivity index (χ1v) is 8.11. The Morgan fingerprint density at radius 1 is 1.29 bits per heavy atom. The van der Waals surface area contributed by atoms with Gasteiger partial charge in [-0.2, -0.15) is 0 Å². The highest BCUT2D eigenvalue weighted by atomic mass is 16.5. The molecule has 1 unspecified atom stereocenters.